The van der Waals surface area contributed by atoms with Gasteiger partial charge in [-0.15, -0.1) is 0 Å². The first kappa shape index (κ1) is 19.7. The molecule has 1 atom stereocenters. The molecule has 0 saturated carbocycles. The molecule has 2 aromatic rings. The predicted octanol–water partition coefficient (Wildman–Crippen LogP) is 3.67. The molecule has 140 valence electrons. The number of carbonyl (C=O) groups excluding carboxylic acids is 1. The number of halogens is 2. The lowest BCUT2D eigenvalue weighted by Gasteiger charge is -2.35. The number of nitrogens with zero attached hydrogens (tertiary/aromatic N) is 2. The number of hydrogen-bond donors (Lipinski definition) is 1. The number of nitriles is 1. The largest absolute Gasteiger partial charge is 0.379 e. The zero-order valence-electron chi connectivity index (χ0n) is 14.6. The number of benzene rings is 2. The molecule has 0 aliphatic carbocycles. The lowest BCUT2D eigenvalue weighted by atomic mass is 10.0. The van der Waals surface area contributed by atoms with Crippen LogP contribution in [-0.2, 0) is 4.74 Å². The van der Waals surface area contributed by atoms with E-state index in [4.69, 9.17) is 33.2 Å². The van der Waals surface area contributed by atoms with Crippen molar-refractivity contribution in [3.63, 3.8) is 0 Å². The molecule has 1 heterocycles. The number of rotatable bonds is 5. The Hall–Kier alpha value is -2.10. The first-order valence-electron chi connectivity index (χ1n) is 8.63. The molecule has 1 saturated heterocycles. The summed E-state index contributed by atoms with van der Waals surface area (Å²) in [6.45, 7) is 3.30. The second-order valence-electron chi connectivity index (χ2n) is 6.23. The maximum absolute atomic E-state index is 12.6. The Bertz CT molecular complexity index is 843. The van der Waals surface area contributed by atoms with E-state index in [1.165, 1.54) is 6.07 Å². The van der Waals surface area contributed by atoms with Crippen molar-refractivity contribution in [1.29, 1.82) is 5.26 Å². The lowest BCUT2D eigenvalue weighted by molar-refractivity contribution is 0.0162. The van der Waals surface area contributed by atoms with Crippen molar-refractivity contribution in [2.45, 2.75) is 6.04 Å². The monoisotopic (exact) mass is 403 g/mol. The molecule has 0 aromatic heterocycles. The van der Waals surface area contributed by atoms with Crippen molar-refractivity contribution in [3.05, 3.63) is 69.2 Å². The van der Waals surface area contributed by atoms with Crippen LogP contribution in [0.2, 0.25) is 10.0 Å². The van der Waals surface area contributed by atoms with Crippen molar-refractivity contribution >= 4 is 29.1 Å². The number of carbonyl (C=O) groups is 1. The van der Waals surface area contributed by atoms with E-state index in [0.29, 0.717) is 40.9 Å². The average molecular weight is 404 g/mol. The van der Waals surface area contributed by atoms with Crippen LogP contribution in [-0.4, -0.2) is 43.7 Å². The molecule has 0 unspecified atom stereocenters. The minimum Gasteiger partial charge on any atom is -0.379 e. The van der Waals surface area contributed by atoms with Gasteiger partial charge in [-0.05, 0) is 35.9 Å². The summed E-state index contributed by atoms with van der Waals surface area (Å²) in [5.41, 5.74) is 1.76. The maximum atomic E-state index is 12.6. The lowest BCUT2D eigenvalue weighted by Crippen LogP contribution is -2.43. The van der Waals surface area contributed by atoms with Crippen LogP contribution in [0.3, 0.4) is 0 Å². The van der Waals surface area contributed by atoms with Crippen LogP contribution in [0.5, 0.6) is 0 Å². The number of nitrogens with one attached hydrogen (secondary N) is 1. The third-order valence-electron chi connectivity index (χ3n) is 4.54. The van der Waals surface area contributed by atoms with Gasteiger partial charge in [0.25, 0.3) is 5.91 Å². The summed E-state index contributed by atoms with van der Waals surface area (Å²) in [5.74, 6) is -0.302. The van der Waals surface area contributed by atoms with Gasteiger partial charge in [-0.1, -0.05) is 35.3 Å². The maximum Gasteiger partial charge on any atom is 0.252 e. The molecule has 27 heavy (non-hydrogen) atoms. The van der Waals surface area contributed by atoms with Gasteiger partial charge >= 0.3 is 0 Å². The first-order chi connectivity index (χ1) is 13.1. The van der Waals surface area contributed by atoms with E-state index in [9.17, 15) is 4.79 Å². The Morgan fingerprint density at radius 1 is 1.19 bits per heavy atom. The molecule has 5 nitrogen and oxygen atoms in total. The summed E-state index contributed by atoms with van der Waals surface area (Å²) in [7, 11) is 0. The van der Waals surface area contributed by atoms with Crippen LogP contribution < -0.4 is 5.32 Å². The Morgan fingerprint density at radius 3 is 2.56 bits per heavy atom. The Balaban J connectivity index is 1.77. The molecule has 1 N–H and O–H groups in total. The third-order valence-corrected chi connectivity index (χ3v) is 5.12. The van der Waals surface area contributed by atoms with E-state index in [2.05, 4.69) is 10.2 Å². The zero-order chi connectivity index (χ0) is 19.2. The number of amides is 1. The van der Waals surface area contributed by atoms with E-state index in [-0.39, 0.29) is 11.9 Å². The molecule has 0 spiro atoms. The normalized spacial score (nSPS) is 15.7. The Morgan fingerprint density at radius 2 is 1.89 bits per heavy atom. The fourth-order valence-corrected chi connectivity index (χ4v) is 3.41. The molecule has 2 aromatic carbocycles. The number of hydrogen-bond acceptors (Lipinski definition) is 4. The van der Waals surface area contributed by atoms with Gasteiger partial charge < -0.3 is 10.1 Å². The highest BCUT2D eigenvalue weighted by Crippen LogP contribution is 2.24. The highest BCUT2D eigenvalue weighted by molar-refractivity contribution is 6.33. The molecule has 0 radical (unpaired) electrons. The number of morpholine rings is 1. The molecule has 7 heteroatoms. The fourth-order valence-electron chi connectivity index (χ4n) is 3.09. The quantitative estimate of drug-likeness (QED) is 0.826. The minimum absolute atomic E-state index is 0.00644. The van der Waals surface area contributed by atoms with Gasteiger partial charge in [0, 0.05) is 24.7 Å². The topological polar surface area (TPSA) is 65.4 Å². The molecule has 0 bridgehead atoms. The van der Waals surface area contributed by atoms with Gasteiger partial charge in [-0.2, -0.15) is 5.26 Å². The van der Waals surface area contributed by atoms with Crippen LogP contribution in [0.25, 0.3) is 0 Å². The van der Waals surface area contributed by atoms with Crippen LogP contribution >= 0.6 is 23.2 Å². The summed E-state index contributed by atoms with van der Waals surface area (Å²) in [4.78, 5) is 14.9. The van der Waals surface area contributed by atoms with Crippen molar-refractivity contribution in [2.75, 3.05) is 32.8 Å². The Kier molecular flexibility index (Phi) is 6.70. The zero-order valence-corrected chi connectivity index (χ0v) is 16.1. The average Bonchev–Trinajstić information content (AvgIpc) is 2.70. The van der Waals surface area contributed by atoms with Crippen LogP contribution in [0.15, 0.2) is 42.5 Å². The van der Waals surface area contributed by atoms with Gasteiger partial charge in [0.2, 0.25) is 0 Å². The second kappa shape index (κ2) is 9.20. The summed E-state index contributed by atoms with van der Waals surface area (Å²) >= 11 is 12.1. The van der Waals surface area contributed by atoms with Gasteiger partial charge in [0.1, 0.15) is 0 Å². The van der Waals surface area contributed by atoms with Gasteiger partial charge in [-0.3, -0.25) is 9.69 Å². The highest BCUT2D eigenvalue weighted by Gasteiger charge is 2.24. The van der Waals surface area contributed by atoms with Gasteiger partial charge in [0.15, 0.2) is 0 Å². The molecule has 3 rings (SSSR count). The predicted molar refractivity (Wildman–Crippen MR) is 105 cm³/mol. The van der Waals surface area contributed by atoms with Gasteiger partial charge in [0.05, 0.1) is 41.5 Å². The summed E-state index contributed by atoms with van der Waals surface area (Å²) in [6, 6.07) is 14.3. The van der Waals surface area contributed by atoms with Crippen LogP contribution in [0, 0.1) is 11.3 Å². The van der Waals surface area contributed by atoms with E-state index in [1.54, 1.807) is 12.1 Å². The fraction of sp³-hybridized carbons (Fsp3) is 0.300. The smallest absolute Gasteiger partial charge is 0.252 e. The van der Waals surface area contributed by atoms with Crippen molar-refractivity contribution in [1.82, 2.24) is 10.2 Å². The van der Waals surface area contributed by atoms with E-state index < -0.39 is 0 Å². The standard InChI is InChI=1S/C20H19Cl2N3O2/c21-16-4-2-15(3-5-16)19(25-7-9-27-10-8-25)13-24-20(26)17-11-14(12-23)1-6-18(17)22/h1-6,11,19H,7-10,13H2,(H,24,26)/t19-/m1/s1. The van der Waals surface area contributed by atoms with E-state index in [0.717, 1.165) is 18.7 Å². The van der Waals surface area contributed by atoms with Crippen LogP contribution in [0.1, 0.15) is 27.5 Å². The Labute approximate surface area is 168 Å². The van der Waals surface area contributed by atoms with Crippen molar-refractivity contribution in [3.8, 4) is 6.07 Å². The molecular formula is C20H19Cl2N3O2. The first-order valence-corrected chi connectivity index (χ1v) is 9.39. The number of ether oxygens (including phenoxy) is 1. The summed E-state index contributed by atoms with van der Waals surface area (Å²) < 4.78 is 5.44. The van der Waals surface area contributed by atoms with Crippen LogP contribution in [0.4, 0.5) is 0 Å². The SMILES string of the molecule is N#Cc1ccc(Cl)c(C(=O)NC[C@H](c2ccc(Cl)cc2)N2CCOCC2)c1. The summed E-state index contributed by atoms with van der Waals surface area (Å²) in [5, 5.41) is 13.0. The molecule has 1 aliphatic rings. The van der Waals surface area contributed by atoms with Gasteiger partial charge in [-0.25, -0.2) is 0 Å². The second-order valence-corrected chi connectivity index (χ2v) is 7.08. The molecule has 1 aliphatic heterocycles. The molecule has 1 fully saturated rings. The molecule has 1 amide bonds. The molecular weight excluding hydrogens is 385 g/mol. The summed E-state index contributed by atoms with van der Waals surface area (Å²) in [6.07, 6.45) is 0. The van der Waals surface area contributed by atoms with Crippen molar-refractivity contribution < 1.29 is 9.53 Å². The third kappa shape index (κ3) is 5.00. The van der Waals surface area contributed by atoms with E-state index >= 15 is 0 Å². The minimum atomic E-state index is -0.302. The van der Waals surface area contributed by atoms with Crippen molar-refractivity contribution in [2.24, 2.45) is 0 Å². The highest BCUT2D eigenvalue weighted by atomic mass is 35.5. The van der Waals surface area contributed by atoms with E-state index in [1.807, 2.05) is 30.3 Å².